The van der Waals surface area contributed by atoms with Crippen LogP contribution in [0.2, 0.25) is 0 Å². The monoisotopic (exact) mass is 519 g/mol. The van der Waals surface area contributed by atoms with Crippen molar-refractivity contribution in [2.75, 3.05) is 0 Å². The van der Waals surface area contributed by atoms with Gasteiger partial charge in [0.15, 0.2) is 0 Å². The van der Waals surface area contributed by atoms with Gasteiger partial charge in [0.05, 0.1) is 4.92 Å². The Morgan fingerprint density at radius 3 is 2.03 bits per heavy atom. The van der Waals surface area contributed by atoms with Crippen LogP contribution in [0.4, 0.5) is 17.1 Å². The number of benzene rings is 4. The molecular weight excluding hydrogens is 506 g/mol. The number of phenolic OH excluding ortho intramolecular Hbond substituents is 2. The number of rotatable bonds is 5. The van der Waals surface area contributed by atoms with E-state index in [-0.39, 0.29) is 21.5 Å². The van der Waals surface area contributed by atoms with E-state index in [1.165, 1.54) is 24.3 Å². The molecule has 0 atom stereocenters. The minimum Gasteiger partial charge on any atom is -0.506 e. The Morgan fingerprint density at radius 2 is 1.40 bits per heavy atom. The summed E-state index contributed by atoms with van der Waals surface area (Å²) in [6, 6.07) is 9.99. The highest BCUT2D eigenvalue weighted by Gasteiger charge is 2.23. The Balaban J connectivity index is 2.04. The van der Waals surface area contributed by atoms with E-state index in [4.69, 9.17) is 0 Å². The normalized spacial score (nSPS) is 12.5. The second-order valence-electron chi connectivity index (χ2n) is 7.17. The van der Waals surface area contributed by atoms with Crippen LogP contribution in [0.3, 0.4) is 0 Å². The van der Waals surface area contributed by atoms with Crippen molar-refractivity contribution in [1.29, 1.82) is 0 Å². The third-order valence-electron chi connectivity index (χ3n) is 5.01. The van der Waals surface area contributed by atoms with Gasteiger partial charge in [-0.05, 0) is 23.6 Å². The van der Waals surface area contributed by atoms with Crippen LogP contribution in [0.5, 0.6) is 11.5 Å². The van der Waals surface area contributed by atoms with Crippen LogP contribution >= 0.6 is 0 Å². The second kappa shape index (κ2) is 8.24. The van der Waals surface area contributed by atoms with Gasteiger partial charge in [-0.1, -0.05) is 18.2 Å². The van der Waals surface area contributed by atoms with E-state index in [1.807, 2.05) is 0 Å². The summed E-state index contributed by atoms with van der Waals surface area (Å²) in [6.45, 7) is 0. The van der Waals surface area contributed by atoms with Gasteiger partial charge >= 0.3 is 0 Å². The number of nitrogens with zero attached hydrogens (tertiary/aromatic N) is 3. The average molecular weight is 519 g/mol. The molecule has 4 N–H and O–H groups in total. The fourth-order valence-electron chi connectivity index (χ4n) is 3.52. The summed E-state index contributed by atoms with van der Waals surface area (Å²) in [5, 5.41) is 39.1. The van der Waals surface area contributed by atoms with Crippen molar-refractivity contribution in [3.63, 3.8) is 0 Å². The molecule has 0 radical (unpaired) electrons. The third kappa shape index (κ3) is 4.35. The SMILES string of the molecule is O=[N+]([O-])c1ccc2c(N=Nc3c(O)ccc4cccc(S(=O)(=O)O)c34)c(O)cc(S(=O)(=O)O)c2c1. The molecule has 0 amide bonds. The molecule has 4 rings (SSSR count). The first-order chi connectivity index (χ1) is 16.3. The van der Waals surface area contributed by atoms with Crippen molar-refractivity contribution in [2.45, 2.75) is 9.79 Å². The summed E-state index contributed by atoms with van der Waals surface area (Å²) in [4.78, 5) is 8.95. The Labute approximate surface area is 196 Å². The van der Waals surface area contributed by atoms with Gasteiger partial charge in [0.25, 0.3) is 25.9 Å². The average Bonchev–Trinajstić information content (AvgIpc) is 2.77. The van der Waals surface area contributed by atoms with E-state index in [0.29, 0.717) is 6.07 Å². The zero-order valence-electron chi connectivity index (χ0n) is 17.1. The number of non-ortho nitro benzene ring substituents is 1. The van der Waals surface area contributed by atoms with Crippen LogP contribution in [0, 0.1) is 10.1 Å². The molecule has 0 aliphatic rings. The van der Waals surface area contributed by atoms with E-state index in [1.54, 1.807) is 0 Å². The predicted octanol–water partition coefficient (Wildman–Crippen LogP) is 4.22. The molecule has 0 spiro atoms. The maximum Gasteiger partial charge on any atom is 0.295 e. The standard InChI is InChI=1S/C20H13N3O10S2/c24-14-7-4-10-2-1-3-16(34(28,29)30)18(10)20(14)22-21-19-12-6-5-11(23(26)27)8-13(12)17(9-15(19)25)35(31,32)33/h1-9,24-25H,(H,28,29,30)(H,31,32,33). The molecule has 0 aromatic heterocycles. The van der Waals surface area contributed by atoms with Crippen molar-refractivity contribution in [3.05, 3.63) is 64.7 Å². The molecule has 0 fully saturated rings. The molecule has 0 heterocycles. The number of azo groups is 1. The van der Waals surface area contributed by atoms with Gasteiger partial charge in [-0.3, -0.25) is 19.2 Å². The lowest BCUT2D eigenvalue weighted by molar-refractivity contribution is -0.384. The summed E-state index contributed by atoms with van der Waals surface area (Å²) in [6.07, 6.45) is 0. The topological polar surface area (TPSA) is 217 Å². The Hall–Kier alpha value is -4.18. The fourth-order valence-corrected chi connectivity index (χ4v) is 4.95. The van der Waals surface area contributed by atoms with E-state index >= 15 is 0 Å². The van der Waals surface area contributed by atoms with Gasteiger partial charge < -0.3 is 10.2 Å². The summed E-state index contributed by atoms with van der Waals surface area (Å²) < 4.78 is 66.4. The van der Waals surface area contributed by atoms with Crippen molar-refractivity contribution in [3.8, 4) is 11.5 Å². The maximum atomic E-state index is 11.9. The highest BCUT2D eigenvalue weighted by atomic mass is 32.2. The highest BCUT2D eigenvalue weighted by molar-refractivity contribution is 7.86. The number of nitro groups is 1. The lowest BCUT2D eigenvalue weighted by atomic mass is 10.1. The molecule has 0 saturated heterocycles. The maximum absolute atomic E-state index is 11.9. The molecule has 13 nitrogen and oxygen atoms in total. The number of phenols is 2. The molecule has 4 aromatic rings. The van der Waals surface area contributed by atoms with Gasteiger partial charge in [-0.2, -0.15) is 16.8 Å². The van der Waals surface area contributed by atoms with Crippen molar-refractivity contribution in [2.24, 2.45) is 10.2 Å². The third-order valence-corrected chi connectivity index (χ3v) is 6.80. The Bertz CT molecular complexity index is 1800. The van der Waals surface area contributed by atoms with Crippen LogP contribution in [0.15, 0.2) is 74.6 Å². The minimum atomic E-state index is -4.93. The number of nitro benzene ring substituents is 1. The first-order valence-corrected chi connectivity index (χ1v) is 12.2. The van der Waals surface area contributed by atoms with E-state index in [9.17, 15) is 46.3 Å². The molecule has 15 heteroatoms. The van der Waals surface area contributed by atoms with Crippen molar-refractivity contribution >= 4 is 58.8 Å². The quantitative estimate of drug-likeness (QED) is 0.127. The fraction of sp³-hybridized carbons (Fsp3) is 0. The first kappa shape index (κ1) is 24.0. The summed E-state index contributed by atoms with van der Waals surface area (Å²) >= 11 is 0. The summed E-state index contributed by atoms with van der Waals surface area (Å²) in [7, 11) is -9.67. The Kier molecular flexibility index (Phi) is 5.64. The van der Waals surface area contributed by atoms with Gasteiger partial charge in [0.1, 0.15) is 32.7 Å². The Morgan fingerprint density at radius 1 is 0.743 bits per heavy atom. The van der Waals surface area contributed by atoms with Crippen LogP contribution in [-0.2, 0) is 20.2 Å². The van der Waals surface area contributed by atoms with E-state index in [2.05, 4.69) is 10.2 Å². The zero-order chi connectivity index (χ0) is 25.7. The lowest BCUT2D eigenvalue weighted by Gasteiger charge is -2.10. The van der Waals surface area contributed by atoms with Crippen LogP contribution in [-0.4, -0.2) is 41.1 Å². The van der Waals surface area contributed by atoms with Crippen molar-refractivity contribution in [1.82, 2.24) is 0 Å². The largest absolute Gasteiger partial charge is 0.506 e. The first-order valence-electron chi connectivity index (χ1n) is 9.34. The smallest absolute Gasteiger partial charge is 0.295 e. The summed E-state index contributed by atoms with van der Waals surface area (Å²) in [5.41, 5.74) is -1.31. The van der Waals surface area contributed by atoms with Crippen molar-refractivity contribution < 1.29 is 41.1 Å². The number of hydrogen-bond acceptors (Lipinski definition) is 10. The molecule has 180 valence electrons. The molecule has 0 saturated carbocycles. The van der Waals surface area contributed by atoms with Gasteiger partial charge in [-0.15, -0.1) is 10.2 Å². The molecule has 35 heavy (non-hydrogen) atoms. The van der Waals surface area contributed by atoms with Gasteiger partial charge in [0, 0.05) is 34.4 Å². The van der Waals surface area contributed by atoms with Gasteiger partial charge in [0.2, 0.25) is 0 Å². The van der Waals surface area contributed by atoms with Crippen LogP contribution < -0.4 is 0 Å². The molecule has 0 aliphatic heterocycles. The van der Waals surface area contributed by atoms with E-state index in [0.717, 1.165) is 24.3 Å². The number of hydrogen-bond donors (Lipinski definition) is 4. The molecule has 0 bridgehead atoms. The highest BCUT2D eigenvalue weighted by Crippen LogP contribution is 2.44. The summed E-state index contributed by atoms with van der Waals surface area (Å²) in [5.74, 6) is -1.33. The zero-order valence-corrected chi connectivity index (χ0v) is 18.7. The molecular formula is C20H13N3O10S2. The van der Waals surface area contributed by atoms with Crippen LogP contribution in [0.1, 0.15) is 0 Å². The predicted molar refractivity (Wildman–Crippen MR) is 122 cm³/mol. The van der Waals surface area contributed by atoms with E-state index < -0.39 is 63.5 Å². The number of fused-ring (bicyclic) bond motifs is 2. The van der Waals surface area contributed by atoms with Gasteiger partial charge in [-0.25, -0.2) is 0 Å². The molecule has 0 unspecified atom stereocenters. The molecule has 0 aliphatic carbocycles. The lowest BCUT2D eigenvalue weighted by Crippen LogP contribution is -2.00. The second-order valence-corrected chi connectivity index (χ2v) is 9.95. The number of aromatic hydroxyl groups is 2. The molecule has 4 aromatic carbocycles. The minimum absolute atomic E-state index is 0.165. The van der Waals surface area contributed by atoms with Crippen LogP contribution in [0.25, 0.3) is 21.5 Å².